The molecule has 0 aliphatic carbocycles. The molecule has 1 aliphatic heterocycles. The Morgan fingerprint density at radius 1 is 1.37 bits per heavy atom. The summed E-state index contributed by atoms with van der Waals surface area (Å²) in [4.78, 5) is 17.7. The Morgan fingerprint density at radius 3 is 2.83 bits per heavy atom. The van der Waals surface area contributed by atoms with Crippen LogP contribution in [0.5, 0.6) is 0 Å². The number of amides is 1. The number of fused-ring (bicyclic) bond motifs is 1. The number of carbonyl (C=O) groups excluding carboxylic acids is 1. The van der Waals surface area contributed by atoms with Crippen LogP contribution in [-0.2, 0) is 17.7 Å². The van der Waals surface area contributed by atoms with Crippen molar-refractivity contribution >= 4 is 35.1 Å². The lowest BCUT2D eigenvalue weighted by atomic mass is 10.1. The summed E-state index contributed by atoms with van der Waals surface area (Å²) in [6.07, 6.45) is -0.833. The number of nitrogens with zero attached hydrogens (tertiary/aromatic N) is 2. The molecule has 2 N–H and O–H groups in total. The van der Waals surface area contributed by atoms with E-state index in [0.717, 1.165) is 48.2 Å². The molecule has 0 spiro atoms. The Labute approximate surface area is 181 Å². The minimum absolute atomic E-state index is 0.262. The molecule has 164 valence electrons. The lowest BCUT2D eigenvalue weighted by Gasteiger charge is -2.16. The first-order valence-electron chi connectivity index (χ1n) is 9.47. The molecule has 0 saturated heterocycles. The molecule has 3 heterocycles. The highest BCUT2D eigenvalue weighted by Gasteiger charge is 2.32. The van der Waals surface area contributed by atoms with Crippen molar-refractivity contribution in [2.24, 2.45) is 0 Å². The molecule has 30 heavy (non-hydrogen) atoms. The second-order valence-electron chi connectivity index (χ2n) is 6.96. The average Bonchev–Trinajstić information content (AvgIpc) is 2.77. The summed E-state index contributed by atoms with van der Waals surface area (Å²) in [5.74, 6) is -0.302. The van der Waals surface area contributed by atoms with Crippen LogP contribution in [0, 0.1) is 6.92 Å². The molecular weight excluding hydrogens is 441 g/mol. The second kappa shape index (κ2) is 9.59. The molecule has 0 bridgehead atoms. The van der Waals surface area contributed by atoms with Crippen LogP contribution < -0.4 is 10.0 Å². The normalized spacial score (nSPS) is 15.4. The van der Waals surface area contributed by atoms with E-state index in [-0.39, 0.29) is 11.1 Å². The molecule has 1 atom stereocenters. The summed E-state index contributed by atoms with van der Waals surface area (Å²) in [7, 11) is 0. The first-order valence-corrected chi connectivity index (χ1v) is 10.7. The van der Waals surface area contributed by atoms with Gasteiger partial charge >= 0.3 is 6.36 Å². The second-order valence-corrected chi connectivity index (χ2v) is 8.19. The van der Waals surface area contributed by atoms with Crippen molar-refractivity contribution in [1.82, 2.24) is 14.3 Å². The first-order chi connectivity index (χ1) is 14.2. The van der Waals surface area contributed by atoms with Gasteiger partial charge in [-0.15, -0.1) is 13.2 Å². The third-order valence-corrected chi connectivity index (χ3v) is 6.09. The fourth-order valence-electron chi connectivity index (χ4n) is 3.48. The number of rotatable bonds is 6. The lowest BCUT2D eigenvalue weighted by molar-refractivity contribution is -0.341. The van der Waals surface area contributed by atoms with Crippen LogP contribution >= 0.6 is 23.5 Å². The molecule has 0 fully saturated rings. The quantitative estimate of drug-likeness (QED) is 0.346. The molecule has 0 radical (unpaired) electrons. The highest BCUT2D eigenvalue weighted by molar-refractivity contribution is 7.97. The van der Waals surface area contributed by atoms with Gasteiger partial charge in [0.15, 0.2) is 0 Å². The van der Waals surface area contributed by atoms with Crippen molar-refractivity contribution in [2.75, 3.05) is 5.32 Å². The number of halogens is 4. The fraction of sp³-hybridized carbons (Fsp3) is 0.474. The lowest BCUT2D eigenvalue weighted by Crippen LogP contribution is -2.30. The Balaban J connectivity index is 1.87. The van der Waals surface area contributed by atoms with E-state index in [9.17, 15) is 18.0 Å². The van der Waals surface area contributed by atoms with Crippen molar-refractivity contribution in [3.8, 4) is 0 Å². The third kappa shape index (κ3) is 5.69. The largest absolute Gasteiger partial charge is 0.524 e. The standard InChI is InChI=1S/C19H22ClF3N4O2S/c1-11-16(18(28)25-13-7-8-24-15(20)10-13)27-9-5-3-4-6-14(27)17(11)30-26-12(2)29-19(21,22)23/h7-8,10,12,26H,3-6,9H2,1-2H3,(H,24,25,28). The topological polar surface area (TPSA) is 68.2 Å². The van der Waals surface area contributed by atoms with Gasteiger partial charge in [-0.1, -0.05) is 18.0 Å². The molecule has 2 aromatic rings. The molecule has 2 aromatic heterocycles. The maximum atomic E-state index is 13.1. The zero-order valence-electron chi connectivity index (χ0n) is 16.5. The summed E-state index contributed by atoms with van der Waals surface area (Å²) in [5, 5.41) is 3.09. The number of carbonyl (C=O) groups is 1. The van der Waals surface area contributed by atoms with Gasteiger partial charge in [-0.3, -0.25) is 9.53 Å². The summed E-state index contributed by atoms with van der Waals surface area (Å²) in [6.45, 7) is 3.76. The molecule has 6 nitrogen and oxygen atoms in total. The van der Waals surface area contributed by atoms with Crippen LogP contribution in [0.4, 0.5) is 18.9 Å². The average molecular weight is 463 g/mol. The Kier molecular flexibility index (Phi) is 7.33. The van der Waals surface area contributed by atoms with E-state index in [1.54, 1.807) is 19.1 Å². The molecule has 3 rings (SSSR count). The predicted octanol–water partition coefficient (Wildman–Crippen LogP) is 5.30. The van der Waals surface area contributed by atoms with Crippen molar-refractivity contribution in [3.63, 3.8) is 0 Å². The van der Waals surface area contributed by atoms with Crippen molar-refractivity contribution in [1.29, 1.82) is 0 Å². The summed E-state index contributed by atoms with van der Waals surface area (Å²) < 4.78 is 46.0. The number of hydrogen-bond acceptors (Lipinski definition) is 5. The van der Waals surface area contributed by atoms with Crippen molar-refractivity contribution < 1.29 is 22.7 Å². The molecule has 1 aliphatic rings. The maximum absolute atomic E-state index is 13.1. The van der Waals surface area contributed by atoms with Crippen molar-refractivity contribution in [2.45, 2.75) is 63.6 Å². The number of aromatic nitrogens is 2. The van der Waals surface area contributed by atoms with E-state index in [1.165, 1.54) is 13.1 Å². The zero-order valence-corrected chi connectivity index (χ0v) is 18.0. The van der Waals surface area contributed by atoms with Gasteiger partial charge in [-0.2, -0.15) is 0 Å². The third-order valence-electron chi connectivity index (χ3n) is 4.69. The van der Waals surface area contributed by atoms with E-state index in [4.69, 9.17) is 11.6 Å². The van der Waals surface area contributed by atoms with Crippen molar-refractivity contribution in [3.05, 3.63) is 40.4 Å². The van der Waals surface area contributed by atoms with Gasteiger partial charge in [-0.25, -0.2) is 9.71 Å². The highest BCUT2D eigenvalue weighted by Crippen LogP contribution is 2.34. The molecular formula is C19H22ClF3N4O2S. The minimum atomic E-state index is -4.73. The van der Waals surface area contributed by atoms with Gasteiger partial charge in [-0.05, 0) is 62.8 Å². The monoisotopic (exact) mass is 462 g/mol. The van der Waals surface area contributed by atoms with Crippen LogP contribution in [0.25, 0.3) is 0 Å². The van der Waals surface area contributed by atoms with Gasteiger partial charge in [0.1, 0.15) is 17.1 Å². The van der Waals surface area contributed by atoms with E-state index in [1.807, 2.05) is 4.57 Å². The number of nitrogens with one attached hydrogen (secondary N) is 2. The molecule has 0 saturated carbocycles. The summed E-state index contributed by atoms with van der Waals surface area (Å²) in [6, 6.07) is 3.19. The van der Waals surface area contributed by atoms with Gasteiger partial charge in [0, 0.05) is 29.0 Å². The van der Waals surface area contributed by atoms with Gasteiger partial charge in [0.2, 0.25) is 0 Å². The van der Waals surface area contributed by atoms with E-state index in [0.29, 0.717) is 23.5 Å². The zero-order chi connectivity index (χ0) is 21.9. The first kappa shape index (κ1) is 22.9. The fourth-order valence-corrected chi connectivity index (χ4v) is 4.57. The van der Waals surface area contributed by atoms with Crippen LogP contribution in [0.2, 0.25) is 5.15 Å². The van der Waals surface area contributed by atoms with Crippen LogP contribution in [0.15, 0.2) is 23.2 Å². The van der Waals surface area contributed by atoms with E-state index < -0.39 is 12.6 Å². The Morgan fingerprint density at radius 2 is 2.13 bits per heavy atom. The Hall–Kier alpha value is -1.75. The Bertz CT molecular complexity index is 920. The van der Waals surface area contributed by atoms with Gasteiger partial charge in [0.25, 0.3) is 5.91 Å². The molecule has 1 unspecified atom stereocenters. The number of anilines is 1. The number of ether oxygens (including phenoxy) is 1. The highest BCUT2D eigenvalue weighted by atomic mass is 35.5. The van der Waals surface area contributed by atoms with E-state index >= 15 is 0 Å². The van der Waals surface area contributed by atoms with Crippen LogP contribution in [-0.4, -0.2) is 28.0 Å². The molecule has 11 heteroatoms. The smallest absolute Gasteiger partial charge is 0.339 e. The summed E-state index contributed by atoms with van der Waals surface area (Å²) >= 11 is 6.95. The number of pyridine rings is 1. The summed E-state index contributed by atoms with van der Waals surface area (Å²) in [5.41, 5.74) is 2.66. The minimum Gasteiger partial charge on any atom is -0.339 e. The van der Waals surface area contributed by atoms with Crippen LogP contribution in [0.1, 0.15) is 47.9 Å². The van der Waals surface area contributed by atoms with E-state index in [2.05, 4.69) is 19.8 Å². The predicted molar refractivity (Wildman–Crippen MR) is 110 cm³/mol. The SMILES string of the molecule is Cc1c(SNC(C)OC(F)(F)F)c2n(c1C(=O)Nc1ccnc(Cl)c1)CCCCC2. The number of hydrogen-bond donors (Lipinski definition) is 2. The van der Waals surface area contributed by atoms with Crippen LogP contribution in [0.3, 0.4) is 0 Å². The van der Waals surface area contributed by atoms with Gasteiger partial charge < -0.3 is 9.88 Å². The van der Waals surface area contributed by atoms with Gasteiger partial charge in [0.05, 0.1) is 0 Å². The molecule has 0 aromatic carbocycles. The number of alkyl halides is 3. The molecule has 1 amide bonds. The maximum Gasteiger partial charge on any atom is 0.524 e.